The van der Waals surface area contributed by atoms with Crippen LogP contribution in [0.3, 0.4) is 0 Å². The first-order valence-corrected chi connectivity index (χ1v) is 8.39. The maximum absolute atomic E-state index is 5.96. The molecule has 0 spiro atoms. The van der Waals surface area contributed by atoms with Crippen LogP contribution in [-0.4, -0.2) is 34.8 Å². The predicted molar refractivity (Wildman–Crippen MR) is 96.6 cm³/mol. The van der Waals surface area contributed by atoms with Crippen LogP contribution < -0.4 is 5.32 Å². The Bertz CT molecular complexity index is 821. The van der Waals surface area contributed by atoms with Crippen molar-refractivity contribution in [2.45, 2.75) is 6.42 Å². The number of benzene rings is 1. The number of hydrogen-bond donors (Lipinski definition) is 1. The van der Waals surface area contributed by atoms with Crippen LogP contribution in [0.25, 0.3) is 16.7 Å². The highest BCUT2D eigenvalue weighted by atomic mass is 79.9. The average Bonchev–Trinajstić information content (AvgIpc) is 2.89. The molecule has 2 aromatic heterocycles. The van der Waals surface area contributed by atoms with Crippen molar-refractivity contribution in [2.24, 2.45) is 0 Å². The molecule has 7 heteroatoms. The topological polar surface area (TPSA) is 52.0 Å². The lowest BCUT2D eigenvalue weighted by Crippen LogP contribution is -2.09. The van der Waals surface area contributed by atoms with Crippen LogP contribution in [0.15, 0.2) is 41.0 Å². The van der Waals surface area contributed by atoms with E-state index in [2.05, 4.69) is 49.4 Å². The van der Waals surface area contributed by atoms with Crippen molar-refractivity contribution >= 4 is 44.3 Å². The summed E-state index contributed by atoms with van der Waals surface area (Å²) in [5, 5.41) is 4.79. The van der Waals surface area contributed by atoms with E-state index in [4.69, 9.17) is 16.3 Å². The standard InChI is InChI=1S/C16H16BrClN4O/c1-23-8-2-6-19-15-9-11-3-4-12(17)10-13(11)22(15)14-5-7-20-16(18)21-14/h3-5,7,9-10,19H,2,6,8H2,1H3. The highest BCUT2D eigenvalue weighted by Gasteiger charge is 2.12. The van der Waals surface area contributed by atoms with Crippen molar-refractivity contribution < 1.29 is 4.74 Å². The lowest BCUT2D eigenvalue weighted by Gasteiger charge is -2.12. The van der Waals surface area contributed by atoms with Gasteiger partial charge in [-0.25, -0.2) is 4.98 Å². The Morgan fingerprint density at radius 2 is 2.17 bits per heavy atom. The first-order chi connectivity index (χ1) is 11.2. The average molecular weight is 396 g/mol. The van der Waals surface area contributed by atoms with Gasteiger partial charge in [0, 0.05) is 36.3 Å². The molecular weight excluding hydrogens is 380 g/mol. The van der Waals surface area contributed by atoms with Gasteiger partial charge in [-0.3, -0.25) is 4.57 Å². The molecule has 1 aromatic carbocycles. The van der Waals surface area contributed by atoms with E-state index in [0.717, 1.165) is 46.6 Å². The van der Waals surface area contributed by atoms with Crippen molar-refractivity contribution in [3.05, 3.63) is 46.3 Å². The molecule has 120 valence electrons. The van der Waals surface area contributed by atoms with Gasteiger partial charge in [-0.1, -0.05) is 22.0 Å². The van der Waals surface area contributed by atoms with Crippen molar-refractivity contribution in [3.8, 4) is 5.82 Å². The molecule has 3 rings (SSSR count). The third kappa shape index (κ3) is 3.65. The van der Waals surface area contributed by atoms with E-state index >= 15 is 0 Å². The largest absolute Gasteiger partial charge is 0.385 e. The molecule has 0 bridgehead atoms. The first-order valence-electron chi connectivity index (χ1n) is 7.22. The van der Waals surface area contributed by atoms with Gasteiger partial charge in [0.05, 0.1) is 5.52 Å². The Labute approximate surface area is 147 Å². The molecule has 0 fully saturated rings. The fourth-order valence-corrected chi connectivity index (χ4v) is 2.93. The third-order valence-electron chi connectivity index (χ3n) is 3.44. The zero-order chi connectivity index (χ0) is 16.2. The number of halogens is 2. The van der Waals surface area contributed by atoms with Crippen LogP contribution in [0, 0.1) is 0 Å². The summed E-state index contributed by atoms with van der Waals surface area (Å²) < 4.78 is 8.15. The molecule has 1 N–H and O–H groups in total. The Balaban J connectivity index is 2.05. The predicted octanol–water partition coefficient (Wildman–Crippen LogP) is 4.28. The molecule has 2 heterocycles. The van der Waals surface area contributed by atoms with Gasteiger partial charge in [0.25, 0.3) is 0 Å². The van der Waals surface area contributed by atoms with E-state index in [-0.39, 0.29) is 5.28 Å². The third-order valence-corrected chi connectivity index (χ3v) is 4.11. The normalized spacial score (nSPS) is 11.1. The number of nitrogens with one attached hydrogen (secondary N) is 1. The molecule has 23 heavy (non-hydrogen) atoms. The van der Waals surface area contributed by atoms with E-state index in [1.807, 2.05) is 16.7 Å². The summed E-state index contributed by atoms with van der Waals surface area (Å²) in [7, 11) is 1.71. The molecule has 3 aromatic rings. The molecule has 0 radical (unpaired) electrons. The molecule has 5 nitrogen and oxygen atoms in total. The first kappa shape index (κ1) is 16.2. The van der Waals surface area contributed by atoms with Crippen LogP contribution in [0.1, 0.15) is 6.42 Å². The quantitative estimate of drug-likeness (QED) is 0.500. The number of rotatable bonds is 6. The molecule has 0 saturated heterocycles. The van der Waals surface area contributed by atoms with Crippen LogP contribution in [0.5, 0.6) is 0 Å². The fourth-order valence-electron chi connectivity index (χ4n) is 2.43. The number of nitrogens with zero attached hydrogens (tertiary/aromatic N) is 3. The summed E-state index contributed by atoms with van der Waals surface area (Å²) in [6, 6.07) is 10.1. The fraction of sp³-hybridized carbons (Fsp3) is 0.250. The Kier molecular flexibility index (Phi) is 5.15. The molecule has 0 unspecified atom stereocenters. The second-order valence-electron chi connectivity index (χ2n) is 5.03. The van der Waals surface area contributed by atoms with Crippen molar-refractivity contribution in [1.29, 1.82) is 0 Å². The van der Waals surface area contributed by atoms with E-state index in [0.29, 0.717) is 0 Å². The summed E-state index contributed by atoms with van der Waals surface area (Å²) >= 11 is 9.49. The van der Waals surface area contributed by atoms with Gasteiger partial charge in [0.15, 0.2) is 0 Å². The van der Waals surface area contributed by atoms with E-state index in [9.17, 15) is 0 Å². The number of aromatic nitrogens is 3. The van der Waals surface area contributed by atoms with Crippen LogP contribution in [0.2, 0.25) is 5.28 Å². The monoisotopic (exact) mass is 394 g/mol. The summed E-state index contributed by atoms with van der Waals surface area (Å²) in [5.74, 6) is 1.69. The second kappa shape index (κ2) is 7.29. The molecule has 0 saturated carbocycles. The second-order valence-corrected chi connectivity index (χ2v) is 6.28. The van der Waals surface area contributed by atoms with Crippen LogP contribution in [-0.2, 0) is 4.74 Å². The van der Waals surface area contributed by atoms with Crippen molar-refractivity contribution in [2.75, 3.05) is 25.6 Å². The zero-order valence-corrected chi connectivity index (χ0v) is 14.9. The number of hydrogen-bond acceptors (Lipinski definition) is 4. The number of fused-ring (bicyclic) bond motifs is 1. The number of ether oxygens (including phenoxy) is 1. The molecule has 0 aliphatic heterocycles. The van der Waals surface area contributed by atoms with Crippen LogP contribution in [0.4, 0.5) is 5.82 Å². The summed E-state index contributed by atoms with van der Waals surface area (Å²) in [5.41, 5.74) is 1.04. The molecule has 0 aliphatic carbocycles. The zero-order valence-electron chi connectivity index (χ0n) is 12.6. The van der Waals surface area contributed by atoms with Crippen LogP contribution >= 0.6 is 27.5 Å². The minimum absolute atomic E-state index is 0.227. The lowest BCUT2D eigenvalue weighted by molar-refractivity contribution is 0.197. The van der Waals surface area contributed by atoms with Gasteiger partial charge in [-0.15, -0.1) is 0 Å². The highest BCUT2D eigenvalue weighted by molar-refractivity contribution is 9.10. The number of anilines is 1. The molecule has 0 atom stereocenters. The maximum Gasteiger partial charge on any atom is 0.224 e. The summed E-state index contributed by atoms with van der Waals surface area (Å²) in [6.07, 6.45) is 2.58. The van der Waals surface area contributed by atoms with E-state index in [1.165, 1.54) is 0 Å². The van der Waals surface area contributed by atoms with Crippen molar-refractivity contribution in [1.82, 2.24) is 14.5 Å². The van der Waals surface area contributed by atoms with E-state index in [1.54, 1.807) is 13.3 Å². The van der Waals surface area contributed by atoms with Gasteiger partial charge in [-0.2, -0.15) is 4.98 Å². The lowest BCUT2D eigenvalue weighted by atomic mass is 10.2. The minimum Gasteiger partial charge on any atom is -0.385 e. The summed E-state index contributed by atoms with van der Waals surface area (Å²) in [6.45, 7) is 1.53. The molecule has 0 amide bonds. The Morgan fingerprint density at radius 1 is 1.30 bits per heavy atom. The van der Waals surface area contributed by atoms with E-state index < -0.39 is 0 Å². The summed E-state index contributed by atoms with van der Waals surface area (Å²) in [4.78, 5) is 8.30. The van der Waals surface area contributed by atoms with Gasteiger partial charge >= 0.3 is 0 Å². The molecular formula is C16H16BrClN4O. The minimum atomic E-state index is 0.227. The number of methoxy groups -OCH3 is 1. The Morgan fingerprint density at radius 3 is 2.96 bits per heavy atom. The maximum atomic E-state index is 5.96. The highest BCUT2D eigenvalue weighted by Crippen LogP contribution is 2.29. The van der Waals surface area contributed by atoms with Gasteiger partial charge in [-0.05, 0) is 42.3 Å². The smallest absolute Gasteiger partial charge is 0.224 e. The van der Waals surface area contributed by atoms with Crippen molar-refractivity contribution in [3.63, 3.8) is 0 Å². The van der Waals surface area contributed by atoms with Gasteiger partial charge in [0.2, 0.25) is 5.28 Å². The van der Waals surface area contributed by atoms with Gasteiger partial charge in [0.1, 0.15) is 11.6 Å². The SMILES string of the molecule is COCCCNc1cc2ccc(Br)cc2n1-c1ccnc(Cl)n1. The molecule has 0 aliphatic rings. The Hall–Kier alpha value is -1.63. The van der Waals surface area contributed by atoms with Gasteiger partial charge < -0.3 is 10.1 Å².